The molecule has 0 aromatic rings. The zero-order valence-corrected chi connectivity index (χ0v) is 5.73. The zero-order chi connectivity index (χ0) is 7.91. The number of hydrogen-bond acceptors (Lipinski definition) is 2. The third-order valence-electron chi connectivity index (χ3n) is 0.189. The first-order valence-electron chi connectivity index (χ1n) is 2.17. The Morgan fingerprint density at radius 1 is 1.44 bits per heavy atom. The molecule has 0 heterocycles. The van der Waals surface area contributed by atoms with Crippen LogP contribution >= 0.6 is 0 Å². The van der Waals surface area contributed by atoms with Crippen molar-refractivity contribution >= 4 is 28.1 Å². The molecule has 9 heavy (non-hydrogen) atoms. The van der Waals surface area contributed by atoms with Gasteiger partial charge in [-0.2, -0.15) is 8.42 Å². The first-order valence-corrected chi connectivity index (χ1v) is 3.57. The van der Waals surface area contributed by atoms with Crippen molar-refractivity contribution in [1.82, 2.24) is 0 Å². The standard InChI is InChI=1S/C2H4F.Li.H2O4S/c1-2-3;;1-5(2,3)4/h1-2H2;;(H2,1,2,3,4). The van der Waals surface area contributed by atoms with Gasteiger partial charge in [0.05, 0.1) is 0 Å². The van der Waals surface area contributed by atoms with Crippen LogP contribution in [0.5, 0.6) is 0 Å². The van der Waals surface area contributed by atoms with Crippen molar-refractivity contribution < 1.29 is 21.9 Å². The zero-order valence-electron chi connectivity index (χ0n) is 4.91. The van der Waals surface area contributed by atoms with E-state index in [1.807, 2.05) is 0 Å². The Morgan fingerprint density at radius 2 is 1.56 bits per heavy atom. The SMILES string of the molecule is O=S(=O)(O)O.[Li][CH2]CF. The van der Waals surface area contributed by atoms with Crippen molar-refractivity contribution in [2.24, 2.45) is 0 Å². The molecule has 0 aliphatic rings. The second-order valence-corrected chi connectivity index (χ2v) is 2.03. The summed E-state index contributed by atoms with van der Waals surface area (Å²) in [7, 11) is -4.67. The topological polar surface area (TPSA) is 74.6 Å². The summed E-state index contributed by atoms with van der Waals surface area (Å²) in [6.45, 7) is -0.181. The summed E-state index contributed by atoms with van der Waals surface area (Å²) < 4.78 is 42.3. The maximum absolute atomic E-state index is 10.7. The van der Waals surface area contributed by atoms with E-state index in [9.17, 15) is 4.39 Å². The van der Waals surface area contributed by atoms with Crippen LogP contribution in [-0.2, 0) is 10.4 Å². The monoisotopic (exact) mass is 152 g/mol. The van der Waals surface area contributed by atoms with Crippen LogP contribution in [0.1, 0.15) is 0 Å². The number of alkyl halides is 1. The molecule has 0 bridgehead atoms. The van der Waals surface area contributed by atoms with Crippen LogP contribution in [-0.4, -0.2) is 41.9 Å². The molecule has 0 aliphatic heterocycles. The minimum absolute atomic E-state index is 0.181. The summed E-state index contributed by atoms with van der Waals surface area (Å²) >= 11 is 1.81. The van der Waals surface area contributed by atoms with E-state index in [1.165, 1.54) is 0 Å². The van der Waals surface area contributed by atoms with E-state index < -0.39 is 10.4 Å². The third-order valence-corrected chi connectivity index (χ3v) is 0.189. The molecule has 0 saturated carbocycles. The van der Waals surface area contributed by atoms with Crippen molar-refractivity contribution in [3.8, 4) is 0 Å². The van der Waals surface area contributed by atoms with Gasteiger partial charge in [-0.25, -0.2) is 0 Å². The molecule has 0 saturated heterocycles. The van der Waals surface area contributed by atoms with Gasteiger partial charge >= 0.3 is 44.3 Å². The first kappa shape index (κ1) is 12.1. The van der Waals surface area contributed by atoms with Gasteiger partial charge in [0.15, 0.2) is 0 Å². The van der Waals surface area contributed by atoms with E-state index >= 15 is 0 Å². The number of hydrogen-bond donors (Lipinski definition) is 2. The van der Waals surface area contributed by atoms with Gasteiger partial charge in [-0.3, -0.25) is 9.11 Å². The molecule has 7 heteroatoms. The van der Waals surface area contributed by atoms with Gasteiger partial charge in [-0.05, 0) is 0 Å². The van der Waals surface area contributed by atoms with E-state index in [4.69, 9.17) is 17.5 Å². The van der Waals surface area contributed by atoms with Crippen molar-refractivity contribution in [3.63, 3.8) is 0 Å². The summed E-state index contributed by atoms with van der Waals surface area (Å²) in [5.41, 5.74) is 0. The molecule has 0 aromatic heterocycles. The van der Waals surface area contributed by atoms with Crippen LogP contribution in [0.3, 0.4) is 0 Å². The van der Waals surface area contributed by atoms with Gasteiger partial charge in [0, 0.05) is 0 Å². The summed E-state index contributed by atoms with van der Waals surface area (Å²) in [6.07, 6.45) is 0. The van der Waals surface area contributed by atoms with Crippen LogP contribution in [0.4, 0.5) is 4.39 Å². The van der Waals surface area contributed by atoms with E-state index in [-0.39, 0.29) is 6.67 Å². The molecule has 0 aromatic carbocycles. The predicted molar refractivity (Wildman–Crippen MR) is 30.7 cm³/mol. The molecule has 2 N–H and O–H groups in total. The molecular weight excluding hydrogens is 146 g/mol. The molecule has 0 atom stereocenters. The fraction of sp³-hybridized carbons (Fsp3) is 1.00. The molecule has 0 unspecified atom stereocenters. The Balaban J connectivity index is 0. The Morgan fingerprint density at radius 3 is 1.56 bits per heavy atom. The fourth-order valence-corrected chi connectivity index (χ4v) is 0. The second-order valence-electron chi connectivity index (χ2n) is 1.14. The van der Waals surface area contributed by atoms with Gasteiger partial charge in [0.1, 0.15) is 0 Å². The van der Waals surface area contributed by atoms with Crippen molar-refractivity contribution in [2.75, 3.05) is 6.67 Å². The third kappa shape index (κ3) is 176. The Labute approximate surface area is 62.2 Å². The Bertz CT molecular complexity index is 122. The van der Waals surface area contributed by atoms with Crippen molar-refractivity contribution in [1.29, 1.82) is 0 Å². The molecule has 0 rings (SSSR count). The molecule has 0 radical (unpaired) electrons. The fourth-order valence-electron chi connectivity index (χ4n) is 0. The van der Waals surface area contributed by atoms with Crippen LogP contribution in [0, 0.1) is 0 Å². The molecule has 0 spiro atoms. The van der Waals surface area contributed by atoms with Crippen LogP contribution in [0.2, 0.25) is 5.09 Å². The summed E-state index contributed by atoms with van der Waals surface area (Å²) in [4.78, 5) is 0. The van der Waals surface area contributed by atoms with Crippen molar-refractivity contribution in [3.05, 3.63) is 0 Å². The molecular formula is C2H6FLiO4S. The van der Waals surface area contributed by atoms with Gasteiger partial charge in [-0.15, -0.1) is 0 Å². The Hall–Kier alpha value is 0.397. The van der Waals surface area contributed by atoms with E-state index in [1.54, 1.807) is 17.7 Å². The quantitative estimate of drug-likeness (QED) is 0.406. The number of rotatable bonds is 1. The van der Waals surface area contributed by atoms with Gasteiger partial charge in [0.25, 0.3) is 0 Å². The van der Waals surface area contributed by atoms with E-state index in [0.717, 1.165) is 0 Å². The maximum atomic E-state index is 10.7. The average molecular weight is 152 g/mol. The molecule has 0 aliphatic carbocycles. The second kappa shape index (κ2) is 6.52. The number of halogens is 1. The van der Waals surface area contributed by atoms with Gasteiger partial charge in [-0.1, -0.05) is 0 Å². The van der Waals surface area contributed by atoms with Crippen LogP contribution < -0.4 is 0 Å². The van der Waals surface area contributed by atoms with Gasteiger partial charge < -0.3 is 0 Å². The normalized spacial score (nSPS) is 9.89. The van der Waals surface area contributed by atoms with Crippen LogP contribution in [0.25, 0.3) is 0 Å². The van der Waals surface area contributed by atoms with E-state index in [0.29, 0.717) is 5.09 Å². The molecule has 0 fully saturated rings. The molecule has 4 nitrogen and oxygen atoms in total. The summed E-state index contributed by atoms with van der Waals surface area (Å²) in [6, 6.07) is 0. The van der Waals surface area contributed by atoms with Gasteiger partial charge in [0.2, 0.25) is 0 Å². The van der Waals surface area contributed by atoms with Crippen LogP contribution in [0.15, 0.2) is 0 Å². The minimum atomic E-state index is -4.67. The summed E-state index contributed by atoms with van der Waals surface area (Å²) in [5.74, 6) is 0. The molecule has 0 amide bonds. The molecule has 52 valence electrons. The predicted octanol–water partition coefficient (Wildman–Crippen LogP) is -0.110. The average Bonchev–Trinajstić information content (AvgIpc) is 1.61. The van der Waals surface area contributed by atoms with E-state index in [2.05, 4.69) is 0 Å². The van der Waals surface area contributed by atoms with Crippen molar-refractivity contribution in [2.45, 2.75) is 5.09 Å². The Kier molecular flexibility index (Phi) is 8.77. The summed E-state index contributed by atoms with van der Waals surface area (Å²) in [5, 5.41) is 0.653. The first-order chi connectivity index (χ1) is 3.91.